The van der Waals surface area contributed by atoms with E-state index in [0.29, 0.717) is 18.1 Å². The summed E-state index contributed by atoms with van der Waals surface area (Å²) in [6.45, 7) is 10.2. The normalized spacial score (nSPS) is 15.4. The van der Waals surface area contributed by atoms with Crippen molar-refractivity contribution in [2.75, 3.05) is 13.1 Å². The van der Waals surface area contributed by atoms with E-state index < -0.39 is 6.10 Å². The highest BCUT2D eigenvalue weighted by Gasteiger charge is 2.32. The first-order valence-electron chi connectivity index (χ1n) is 9.88. The van der Waals surface area contributed by atoms with Crippen molar-refractivity contribution in [1.82, 2.24) is 19.8 Å². The standard InChI is InChI=1S/C22H27ClN4O4/c1-6-18(29)27-10-12(11-27)25-21(31)16-9-24-20(26(16)5)19(30)13-7-14(22(2,3)4)15(23)8-17(13)28/h6-9,12,19,28,30H,1,10-11H2,2-5H3,(H,25,31). The molecule has 1 aromatic carbocycles. The van der Waals surface area contributed by atoms with Gasteiger partial charge in [0.25, 0.3) is 5.91 Å². The maximum Gasteiger partial charge on any atom is 0.269 e. The molecule has 0 radical (unpaired) electrons. The third-order valence-corrected chi connectivity index (χ3v) is 5.74. The smallest absolute Gasteiger partial charge is 0.269 e. The molecule has 0 saturated carbocycles. The van der Waals surface area contributed by atoms with Crippen molar-refractivity contribution in [1.29, 1.82) is 0 Å². The van der Waals surface area contributed by atoms with Crippen LogP contribution in [0.4, 0.5) is 0 Å². The van der Waals surface area contributed by atoms with Crippen molar-refractivity contribution in [3.63, 3.8) is 0 Å². The van der Waals surface area contributed by atoms with E-state index in [1.165, 1.54) is 22.9 Å². The summed E-state index contributed by atoms with van der Waals surface area (Å²) in [5, 5.41) is 24.5. The Hall–Kier alpha value is -2.84. The highest BCUT2D eigenvalue weighted by Crippen LogP contribution is 2.38. The Labute approximate surface area is 186 Å². The van der Waals surface area contributed by atoms with Crippen LogP contribution in [-0.2, 0) is 17.3 Å². The van der Waals surface area contributed by atoms with Gasteiger partial charge in [-0.05, 0) is 29.2 Å². The van der Waals surface area contributed by atoms with Gasteiger partial charge in [-0.3, -0.25) is 9.59 Å². The third-order valence-electron chi connectivity index (χ3n) is 5.42. The maximum absolute atomic E-state index is 12.6. The number of aromatic nitrogens is 2. The summed E-state index contributed by atoms with van der Waals surface area (Å²) in [4.78, 5) is 29.9. The third kappa shape index (κ3) is 4.45. The maximum atomic E-state index is 12.6. The number of likely N-dealkylation sites (tertiary alicyclic amines) is 1. The fourth-order valence-electron chi connectivity index (χ4n) is 3.54. The number of hydrogen-bond donors (Lipinski definition) is 3. The lowest BCUT2D eigenvalue weighted by Gasteiger charge is -2.38. The minimum atomic E-state index is -1.26. The van der Waals surface area contributed by atoms with Crippen molar-refractivity contribution in [2.24, 2.45) is 7.05 Å². The Kier molecular flexibility index (Phi) is 6.16. The zero-order valence-electron chi connectivity index (χ0n) is 18.0. The molecule has 1 atom stereocenters. The van der Waals surface area contributed by atoms with Gasteiger partial charge in [0.2, 0.25) is 5.91 Å². The molecule has 2 amide bonds. The molecule has 9 heteroatoms. The van der Waals surface area contributed by atoms with E-state index in [9.17, 15) is 19.8 Å². The van der Waals surface area contributed by atoms with Crippen molar-refractivity contribution >= 4 is 23.4 Å². The van der Waals surface area contributed by atoms with Gasteiger partial charge in [-0.2, -0.15) is 0 Å². The van der Waals surface area contributed by atoms with Crippen LogP contribution in [0.15, 0.2) is 31.0 Å². The summed E-state index contributed by atoms with van der Waals surface area (Å²) in [6.07, 6.45) is 1.36. The van der Waals surface area contributed by atoms with E-state index in [1.807, 2.05) is 20.8 Å². The minimum absolute atomic E-state index is 0.152. The number of phenolic OH excluding ortho intramolecular Hbond substituents is 1. The summed E-state index contributed by atoms with van der Waals surface area (Å²) < 4.78 is 1.48. The fraction of sp³-hybridized carbons (Fsp3) is 0.409. The average molecular weight is 447 g/mol. The molecule has 2 aromatic rings. The Morgan fingerprint density at radius 3 is 2.58 bits per heavy atom. The molecule has 166 valence electrons. The molecule has 0 aliphatic carbocycles. The Morgan fingerprint density at radius 1 is 1.35 bits per heavy atom. The van der Waals surface area contributed by atoms with Gasteiger partial charge < -0.3 is 25.0 Å². The van der Waals surface area contributed by atoms with Crippen LogP contribution in [0, 0.1) is 0 Å². The Balaban J connectivity index is 1.79. The molecule has 3 rings (SSSR count). The number of nitrogens with zero attached hydrogens (tertiary/aromatic N) is 3. The quantitative estimate of drug-likeness (QED) is 0.611. The van der Waals surface area contributed by atoms with E-state index in [2.05, 4.69) is 16.9 Å². The predicted octanol–water partition coefficient (Wildman–Crippen LogP) is 2.28. The molecule has 3 N–H and O–H groups in total. The first kappa shape index (κ1) is 22.8. The Morgan fingerprint density at radius 2 is 2.00 bits per heavy atom. The molecule has 2 heterocycles. The molecular formula is C22H27ClN4O4. The van der Waals surface area contributed by atoms with Gasteiger partial charge in [0.05, 0.1) is 12.2 Å². The highest BCUT2D eigenvalue weighted by atomic mass is 35.5. The molecule has 0 bridgehead atoms. The number of aliphatic hydroxyl groups excluding tert-OH is 1. The van der Waals surface area contributed by atoms with Gasteiger partial charge in [0.1, 0.15) is 23.4 Å². The molecule has 8 nitrogen and oxygen atoms in total. The molecule has 1 unspecified atom stereocenters. The van der Waals surface area contributed by atoms with Crippen LogP contribution >= 0.6 is 11.6 Å². The largest absolute Gasteiger partial charge is 0.508 e. The topological polar surface area (TPSA) is 108 Å². The van der Waals surface area contributed by atoms with Gasteiger partial charge in [-0.15, -0.1) is 0 Å². The molecule has 1 saturated heterocycles. The summed E-state index contributed by atoms with van der Waals surface area (Å²) in [5.74, 6) is -0.477. The molecule has 1 fully saturated rings. The van der Waals surface area contributed by atoms with Crippen molar-refractivity contribution < 1.29 is 19.8 Å². The monoisotopic (exact) mass is 446 g/mol. The van der Waals surface area contributed by atoms with Crippen LogP contribution in [0.1, 0.15) is 54.3 Å². The van der Waals surface area contributed by atoms with E-state index >= 15 is 0 Å². The van der Waals surface area contributed by atoms with Gasteiger partial charge >= 0.3 is 0 Å². The number of imidazole rings is 1. The average Bonchev–Trinajstić information content (AvgIpc) is 3.03. The van der Waals surface area contributed by atoms with Crippen molar-refractivity contribution in [3.05, 3.63) is 58.7 Å². The van der Waals surface area contributed by atoms with Gasteiger partial charge in [-0.25, -0.2) is 4.98 Å². The van der Waals surface area contributed by atoms with Gasteiger partial charge in [0.15, 0.2) is 0 Å². The number of nitrogens with one attached hydrogen (secondary N) is 1. The molecular weight excluding hydrogens is 420 g/mol. The van der Waals surface area contributed by atoms with E-state index in [1.54, 1.807) is 18.0 Å². The number of halogens is 1. The molecule has 1 aliphatic heterocycles. The number of benzene rings is 1. The SMILES string of the molecule is C=CC(=O)N1CC(NC(=O)c2cnc(C(O)c3cc(C(C)(C)C)c(Cl)cc3O)n2C)C1. The second-order valence-electron chi connectivity index (χ2n) is 8.72. The van der Waals surface area contributed by atoms with Gasteiger partial charge in [0, 0.05) is 30.7 Å². The van der Waals surface area contributed by atoms with E-state index in [-0.39, 0.29) is 46.1 Å². The summed E-state index contributed by atoms with van der Waals surface area (Å²) in [6, 6.07) is 2.91. The predicted molar refractivity (Wildman–Crippen MR) is 117 cm³/mol. The van der Waals surface area contributed by atoms with Crippen LogP contribution in [0.2, 0.25) is 5.02 Å². The number of aliphatic hydroxyl groups is 1. The number of amides is 2. The number of rotatable bonds is 5. The van der Waals surface area contributed by atoms with Crippen LogP contribution in [0.3, 0.4) is 0 Å². The van der Waals surface area contributed by atoms with E-state index in [4.69, 9.17) is 11.6 Å². The zero-order chi connectivity index (χ0) is 23.1. The lowest BCUT2D eigenvalue weighted by Crippen LogP contribution is -2.60. The van der Waals surface area contributed by atoms with Crippen LogP contribution in [0.5, 0.6) is 5.75 Å². The summed E-state index contributed by atoms with van der Waals surface area (Å²) >= 11 is 6.28. The first-order valence-corrected chi connectivity index (χ1v) is 10.3. The van der Waals surface area contributed by atoms with Crippen molar-refractivity contribution in [2.45, 2.75) is 38.3 Å². The highest BCUT2D eigenvalue weighted by molar-refractivity contribution is 6.31. The van der Waals surface area contributed by atoms with E-state index in [0.717, 1.165) is 5.56 Å². The first-order chi connectivity index (χ1) is 14.4. The van der Waals surface area contributed by atoms with Crippen LogP contribution in [0.25, 0.3) is 0 Å². The number of carbonyl (C=O) groups is 2. The number of hydrogen-bond acceptors (Lipinski definition) is 5. The van der Waals surface area contributed by atoms with Crippen LogP contribution < -0.4 is 5.32 Å². The number of phenols is 1. The molecule has 1 aromatic heterocycles. The van der Waals surface area contributed by atoms with Crippen LogP contribution in [-0.4, -0.2) is 55.6 Å². The zero-order valence-corrected chi connectivity index (χ0v) is 18.8. The summed E-state index contributed by atoms with van der Waals surface area (Å²) in [5.41, 5.74) is 0.992. The lowest BCUT2D eigenvalue weighted by atomic mass is 9.85. The molecule has 1 aliphatic rings. The fourth-order valence-corrected chi connectivity index (χ4v) is 3.98. The number of aromatic hydroxyl groups is 1. The molecule has 0 spiro atoms. The lowest BCUT2D eigenvalue weighted by molar-refractivity contribution is -0.130. The second kappa shape index (κ2) is 8.36. The molecule has 31 heavy (non-hydrogen) atoms. The second-order valence-corrected chi connectivity index (χ2v) is 9.13. The minimum Gasteiger partial charge on any atom is -0.508 e. The van der Waals surface area contributed by atoms with Crippen molar-refractivity contribution in [3.8, 4) is 5.75 Å². The summed E-state index contributed by atoms with van der Waals surface area (Å²) in [7, 11) is 1.62. The van der Waals surface area contributed by atoms with Gasteiger partial charge in [-0.1, -0.05) is 39.0 Å². The Bertz CT molecular complexity index is 1030. The number of carbonyl (C=O) groups excluding carboxylic acids is 2.